The van der Waals surface area contributed by atoms with Crippen molar-refractivity contribution >= 4 is 23.5 Å². The molecule has 2 aromatic rings. The minimum Gasteiger partial charge on any atom is -0.368 e. The molecule has 7 heteroatoms. The first kappa shape index (κ1) is 20.9. The molecule has 2 aliphatic heterocycles. The predicted molar refractivity (Wildman–Crippen MR) is 123 cm³/mol. The average molecular weight is 420 g/mol. The molecule has 1 saturated heterocycles. The lowest BCUT2D eigenvalue weighted by Gasteiger charge is -2.37. The second kappa shape index (κ2) is 9.64. The average Bonchev–Trinajstić information content (AvgIpc) is 3.07. The number of aliphatic imine (C=N–C) groups is 1. The summed E-state index contributed by atoms with van der Waals surface area (Å²) in [5.74, 6) is 0.551. The van der Waals surface area contributed by atoms with Crippen LogP contribution in [-0.2, 0) is 0 Å². The molecule has 162 valence electrons. The number of amides is 2. The first-order chi connectivity index (χ1) is 15.2. The number of rotatable bonds is 6. The van der Waals surface area contributed by atoms with Gasteiger partial charge in [-0.25, -0.2) is 0 Å². The fourth-order valence-corrected chi connectivity index (χ4v) is 4.18. The maximum absolute atomic E-state index is 12.4. The normalized spacial score (nSPS) is 16.7. The second-order valence-corrected chi connectivity index (χ2v) is 7.80. The van der Waals surface area contributed by atoms with E-state index in [0.717, 1.165) is 51.5 Å². The molecule has 31 heavy (non-hydrogen) atoms. The molecule has 1 N–H and O–H groups in total. The molecule has 0 bridgehead atoms. The summed E-state index contributed by atoms with van der Waals surface area (Å²) in [5.41, 5.74) is 2.29. The predicted octanol–water partition coefficient (Wildman–Crippen LogP) is 2.46. The molecular weight excluding hydrogens is 390 g/mol. The van der Waals surface area contributed by atoms with Gasteiger partial charge >= 0.3 is 0 Å². The zero-order valence-electron chi connectivity index (χ0n) is 18.0. The summed E-state index contributed by atoms with van der Waals surface area (Å²) >= 11 is 0. The summed E-state index contributed by atoms with van der Waals surface area (Å²) < 4.78 is 0. The van der Waals surface area contributed by atoms with Crippen molar-refractivity contribution in [1.29, 1.82) is 0 Å². The number of nitrogens with one attached hydrogen (secondary N) is 1. The highest BCUT2D eigenvalue weighted by Crippen LogP contribution is 2.22. The number of anilines is 1. The van der Waals surface area contributed by atoms with Gasteiger partial charge in [0.25, 0.3) is 11.8 Å². The number of hydrogen-bond acceptors (Lipinski definition) is 4. The van der Waals surface area contributed by atoms with Crippen LogP contribution in [-0.4, -0.2) is 73.9 Å². The van der Waals surface area contributed by atoms with E-state index in [1.807, 2.05) is 13.1 Å². The van der Waals surface area contributed by atoms with E-state index < -0.39 is 0 Å². The van der Waals surface area contributed by atoms with Crippen molar-refractivity contribution in [2.75, 3.05) is 51.2 Å². The Morgan fingerprint density at radius 3 is 2.10 bits per heavy atom. The highest BCUT2D eigenvalue weighted by atomic mass is 16.2. The Kier molecular flexibility index (Phi) is 6.50. The number of carbonyl (C=O) groups is 2. The number of carbonyl (C=O) groups excluding carboxylic acids is 2. The SMILES string of the molecule is CN=C(NCCCCN1C(=O)c2ccccc2C1=O)N1CCN(c2ccccc2)CC1. The number of unbranched alkanes of at least 4 members (excludes halogenated alkanes) is 1. The number of piperazine rings is 1. The smallest absolute Gasteiger partial charge is 0.261 e. The Labute approximate surface area is 183 Å². The summed E-state index contributed by atoms with van der Waals surface area (Å²) in [6.45, 7) is 4.97. The largest absolute Gasteiger partial charge is 0.368 e. The van der Waals surface area contributed by atoms with Crippen molar-refractivity contribution in [1.82, 2.24) is 15.1 Å². The number of fused-ring (bicyclic) bond motifs is 1. The fourth-order valence-electron chi connectivity index (χ4n) is 4.18. The lowest BCUT2D eigenvalue weighted by atomic mass is 10.1. The fraction of sp³-hybridized carbons (Fsp3) is 0.375. The van der Waals surface area contributed by atoms with E-state index in [2.05, 4.69) is 44.4 Å². The van der Waals surface area contributed by atoms with Gasteiger partial charge in [-0.2, -0.15) is 0 Å². The van der Waals surface area contributed by atoms with Crippen LogP contribution in [0, 0.1) is 0 Å². The molecule has 0 aliphatic carbocycles. The zero-order valence-corrected chi connectivity index (χ0v) is 18.0. The summed E-state index contributed by atoms with van der Waals surface area (Å²) in [6, 6.07) is 17.5. The van der Waals surface area contributed by atoms with Gasteiger partial charge in [0.2, 0.25) is 0 Å². The van der Waals surface area contributed by atoms with Crippen molar-refractivity contribution in [3.63, 3.8) is 0 Å². The van der Waals surface area contributed by atoms with Crippen molar-refractivity contribution < 1.29 is 9.59 Å². The summed E-state index contributed by atoms with van der Waals surface area (Å²) in [7, 11) is 1.81. The van der Waals surface area contributed by atoms with Crippen LogP contribution < -0.4 is 10.2 Å². The minimum atomic E-state index is -0.180. The van der Waals surface area contributed by atoms with E-state index in [1.54, 1.807) is 24.3 Å². The molecular formula is C24H29N5O2. The van der Waals surface area contributed by atoms with E-state index in [4.69, 9.17) is 0 Å². The van der Waals surface area contributed by atoms with E-state index in [-0.39, 0.29) is 11.8 Å². The monoisotopic (exact) mass is 419 g/mol. The van der Waals surface area contributed by atoms with Crippen LogP contribution >= 0.6 is 0 Å². The molecule has 2 heterocycles. The highest BCUT2D eigenvalue weighted by molar-refractivity contribution is 6.21. The molecule has 2 aliphatic rings. The van der Waals surface area contributed by atoms with Gasteiger partial charge < -0.3 is 15.1 Å². The van der Waals surface area contributed by atoms with Crippen LogP contribution in [0.3, 0.4) is 0 Å². The van der Waals surface area contributed by atoms with Crippen molar-refractivity contribution in [2.24, 2.45) is 4.99 Å². The van der Waals surface area contributed by atoms with Crippen LogP contribution in [0.15, 0.2) is 59.6 Å². The van der Waals surface area contributed by atoms with Gasteiger partial charge in [0.1, 0.15) is 0 Å². The number of hydrogen-bond donors (Lipinski definition) is 1. The van der Waals surface area contributed by atoms with Crippen LogP contribution in [0.5, 0.6) is 0 Å². The van der Waals surface area contributed by atoms with Gasteiger partial charge in [-0.05, 0) is 37.1 Å². The molecule has 0 aromatic heterocycles. The van der Waals surface area contributed by atoms with Crippen LogP contribution in [0.25, 0.3) is 0 Å². The van der Waals surface area contributed by atoms with Gasteiger partial charge in [0.15, 0.2) is 5.96 Å². The first-order valence-electron chi connectivity index (χ1n) is 10.9. The first-order valence-corrected chi connectivity index (χ1v) is 10.9. The van der Waals surface area contributed by atoms with E-state index in [0.29, 0.717) is 17.7 Å². The molecule has 2 amide bonds. The summed E-state index contributed by atoms with van der Waals surface area (Å²) in [4.78, 5) is 35.3. The number of imide groups is 1. The Balaban J connectivity index is 1.19. The Hall–Kier alpha value is -3.35. The number of nitrogens with zero attached hydrogens (tertiary/aromatic N) is 4. The molecule has 0 radical (unpaired) electrons. The standard InChI is InChI=1S/C24H29N5O2/c1-25-24(28-17-15-27(16-18-28)19-9-3-2-4-10-19)26-13-7-8-14-29-22(30)20-11-5-6-12-21(20)23(29)31/h2-6,9-12H,7-8,13-18H2,1H3,(H,25,26). The molecule has 1 fully saturated rings. The van der Waals surface area contributed by atoms with Crippen molar-refractivity contribution in [2.45, 2.75) is 12.8 Å². The third-order valence-electron chi connectivity index (χ3n) is 5.88. The van der Waals surface area contributed by atoms with Crippen LogP contribution in [0.1, 0.15) is 33.6 Å². The Morgan fingerprint density at radius 2 is 1.48 bits per heavy atom. The molecule has 0 unspecified atom stereocenters. The summed E-state index contributed by atoms with van der Waals surface area (Å²) in [6.07, 6.45) is 1.62. The van der Waals surface area contributed by atoms with Gasteiger partial charge in [0.05, 0.1) is 11.1 Å². The Bertz CT molecular complexity index is 916. The number of guanidine groups is 1. The summed E-state index contributed by atoms with van der Waals surface area (Å²) in [5, 5.41) is 3.43. The van der Waals surface area contributed by atoms with Crippen LogP contribution in [0.4, 0.5) is 5.69 Å². The van der Waals surface area contributed by atoms with E-state index in [9.17, 15) is 9.59 Å². The van der Waals surface area contributed by atoms with Crippen LogP contribution in [0.2, 0.25) is 0 Å². The maximum Gasteiger partial charge on any atom is 0.261 e. The Morgan fingerprint density at radius 1 is 0.871 bits per heavy atom. The topological polar surface area (TPSA) is 68.2 Å². The van der Waals surface area contributed by atoms with Gasteiger partial charge in [-0.1, -0.05) is 30.3 Å². The second-order valence-electron chi connectivity index (χ2n) is 7.80. The number of benzene rings is 2. The van der Waals surface area contributed by atoms with Crippen molar-refractivity contribution in [3.8, 4) is 0 Å². The van der Waals surface area contributed by atoms with Gasteiger partial charge in [0, 0.05) is 52.0 Å². The molecule has 0 spiro atoms. The number of para-hydroxylation sites is 1. The highest BCUT2D eigenvalue weighted by Gasteiger charge is 2.34. The quantitative estimate of drug-likeness (QED) is 0.337. The minimum absolute atomic E-state index is 0.180. The third kappa shape index (κ3) is 4.55. The molecule has 0 saturated carbocycles. The lowest BCUT2D eigenvalue weighted by Crippen LogP contribution is -2.52. The maximum atomic E-state index is 12.4. The molecule has 2 aromatic carbocycles. The van der Waals surface area contributed by atoms with Gasteiger partial charge in [-0.15, -0.1) is 0 Å². The van der Waals surface area contributed by atoms with Gasteiger partial charge in [-0.3, -0.25) is 19.5 Å². The molecule has 0 atom stereocenters. The van der Waals surface area contributed by atoms with E-state index >= 15 is 0 Å². The zero-order chi connectivity index (χ0) is 21.6. The lowest BCUT2D eigenvalue weighted by molar-refractivity contribution is 0.0652. The van der Waals surface area contributed by atoms with Crippen molar-refractivity contribution in [3.05, 3.63) is 65.7 Å². The molecule has 7 nitrogen and oxygen atoms in total. The molecule has 4 rings (SSSR count). The third-order valence-corrected chi connectivity index (χ3v) is 5.88. The van der Waals surface area contributed by atoms with E-state index in [1.165, 1.54) is 10.6 Å².